The Labute approximate surface area is 98.9 Å². The lowest BCUT2D eigenvalue weighted by Gasteiger charge is -2.09. The second-order valence-corrected chi connectivity index (χ2v) is 5.13. The molecule has 1 aromatic heterocycles. The van der Waals surface area contributed by atoms with Crippen molar-refractivity contribution in [1.29, 1.82) is 0 Å². The van der Waals surface area contributed by atoms with E-state index in [9.17, 15) is 8.42 Å². The highest BCUT2D eigenvalue weighted by atomic mass is 32.2. The second kappa shape index (κ2) is 7.39. The van der Waals surface area contributed by atoms with Crippen LogP contribution in [0.25, 0.3) is 0 Å². The molecule has 1 unspecified atom stereocenters. The molecular formula is C12H19NO2S. The van der Waals surface area contributed by atoms with Crippen LogP contribution >= 0.6 is 0 Å². The zero-order chi connectivity index (χ0) is 11.8. The van der Waals surface area contributed by atoms with Crippen molar-refractivity contribution in [2.75, 3.05) is 0 Å². The number of pyridine rings is 1. The molecule has 0 bridgehead atoms. The first-order valence-electron chi connectivity index (χ1n) is 5.79. The van der Waals surface area contributed by atoms with Crippen LogP contribution in [-0.4, -0.2) is 13.4 Å². The summed E-state index contributed by atoms with van der Waals surface area (Å²) in [6.45, 7) is 2.15. The number of aromatic nitrogens is 1. The third-order valence-electron chi connectivity index (χ3n) is 2.65. The minimum Gasteiger partial charge on any atom is -0.264 e. The van der Waals surface area contributed by atoms with Gasteiger partial charge in [-0.2, -0.15) is 0 Å². The summed E-state index contributed by atoms with van der Waals surface area (Å²) < 4.78 is 22.3. The van der Waals surface area contributed by atoms with Crippen molar-refractivity contribution in [3.05, 3.63) is 30.1 Å². The normalized spacial score (nSPS) is 12.9. The predicted molar refractivity (Wildman–Crippen MR) is 66.1 cm³/mol. The average molecular weight is 241 g/mol. The molecule has 3 nitrogen and oxygen atoms in total. The predicted octanol–water partition coefficient (Wildman–Crippen LogP) is 2.70. The Hall–Kier alpha value is -0.900. The minimum absolute atomic E-state index is 0.361. The van der Waals surface area contributed by atoms with Crippen LogP contribution in [0.1, 0.15) is 49.8 Å². The summed E-state index contributed by atoms with van der Waals surface area (Å²) in [4.78, 5) is 3.96. The van der Waals surface area contributed by atoms with Gasteiger partial charge in [-0.15, -0.1) is 0 Å². The van der Waals surface area contributed by atoms with Gasteiger partial charge in [-0.05, 0) is 18.1 Å². The molecule has 0 aliphatic rings. The third kappa shape index (κ3) is 4.31. The Morgan fingerprint density at radius 2 is 2.12 bits per heavy atom. The van der Waals surface area contributed by atoms with E-state index in [1.54, 1.807) is 18.5 Å². The van der Waals surface area contributed by atoms with Gasteiger partial charge < -0.3 is 0 Å². The van der Waals surface area contributed by atoms with Gasteiger partial charge in [-0.25, -0.2) is 8.42 Å². The number of unbranched alkanes of at least 4 members (excludes halogenated alkanes) is 3. The Balaban J connectivity index is 2.56. The van der Waals surface area contributed by atoms with Crippen molar-refractivity contribution in [2.45, 2.75) is 44.3 Å². The summed E-state index contributed by atoms with van der Waals surface area (Å²) in [6, 6.07) is 3.62. The number of hydrogen-bond acceptors (Lipinski definition) is 3. The van der Waals surface area contributed by atoms with Crippen LogP contribution < -0.4 is 0 Å². The van der Waals surface area contributed by atoms with Crippen molar-refractivity contribution in [3.8, 4) is 0 Å². The summed E-state index contributed by atoms with van der Waals surface area (Å²) >= 11 is 0. The van der Waals surface area contributed by atoms with Gasteiger partial charge >= 0.3 is 0 Å². The van der Waals surface area contributed by atoms with Crippen LogP contribution in [0, 0.1) is 0 Å². The minimum atomic E-state index is -2.40. The molecule has 0 N–H and O–H groups in total. The highest BCUT2D eigenvalue weighted by Gasteiger charge is 2.13. The fraction of sp³-hybridized carbons (Fsp3) is 0.583. The van der Waals surface area contributed by atoms with Crippen LogP contribution in [0.15, 0.2) is 24.5 Å². The molecule has 90 valence electrons. The standard InChI is InChI=1S/C12H19NO2S/c1-2-3-4-5-8-12(16(14)15)11-7-6-9-13-10-11/h6-7,9-10,12,16H,2-5,8H2,1H3. The zero-order valence-corrected chi connectivity index (χ0v) is 10.5. The molecule has 1 aromatic rings. The highest BCUT2D eigenvalue weighted by molar-refractivity contribution is 7.72. The van der Waals surface area contributed by atoms with Crippen molar-refractivity contribution < 1.29 is 8.42 Å². The van der Waals surface area contributed by atoms with Crippen LogP contribution in [0.2, 0.25) is 0 Å². The number of thiol groups is 1. The maximum Gasteiger partial charge on any atom is 0.147 e. The monoisotopic (exact) mass is 241 g/mol. The first-order chi connectivity index (χ1) is 7.75. The van der Waals surface area contributed by atoms with Gasteiger partial charge in [-0.1, -0.05) is 38.7 Å². The molecule has 0 spiro atoms. The molecule has 0 aromatic carbocycles. The van der Waals surface area contributed by atoms with Crippen molar-refractivity contribution in [1.82, 2.24) is 4.98 Å². The van der Waals surface area contributed by atoms with Crippen LogP contribution in [0.4, 0.5) is 0 Å². The van der Waals surface area contributed by atoms with E-state index in [1.165, 1.54) is 12.8 Å². The smallest absolute Gasteiger partial charge is 0.147 e. The molecule has 0 aliphatic heterocycles. The Morgan fingerprint density at radius 3 is 2.69 bits per heavy atom. The summed E-state index contributed by atoms with van der Waals surface area (Å²) in [5.41, 5.74) is 0.815. The van der Waals surface area contributed by atoms with E-state index in [4.69, 9.17) is 0 Å². The van der Waals surface area contributed by atoms with E-state index < -0.39 is 10.7 Å². The van der Waals surface area contributed by atoms with Crippen LogP contribution in [-0.2, 0) is 10.7 Å². The van der Waals surface area contributed by atoms with Gasteiger partial charge in [0.25, 0.3) is 0 Å². The lowest BCUT2D eigenvalue weighted by Crippen LogP contribution is -2.01. The summed E-state index contributed by atoms with van der Waals surface area (Å²) in [5, 5.41) is -0.361. The zero-order valence-electron chi connectivity index (χ0n) is 9.63. The Kier molecular flexibility index (Phi) is 6.08. The number of nitrogens with zero attached hydrogens (tertiary/aromatic N) is 1. The van der Waals surface area contributed by atoms with E-state index in [-0.39, 0.29) is 5.25 Å². The number of rotatable bonds is 7. The van der Waals surface area contributed by atoms with Crippen LogP contribution in [0.5, 0.6) is 0 Å². The molecule has 1 rings (SSSR count). The SMILES string of the molecule is CCCCCCC(c1cccnc1)[SH](=O)=O. The Bertz CT molecular complexity index is 355. The summed E-state index contributed by atoms with van der Waals surface area (Å²) in [5.74, 6) is 0. The number of hydrogen-bond donors (Lipinski definition) is 1. The lowest BCUT2D eigenvalue weighted by molar-refractivity contribution is 0.576. The fourth-order valence-corrected chi connectivity index (χ4v) is 2.52. The lowest BCUT2D eigenvalue weighted by atomic mass is 10.1. The van der Waals surface area contributed by atoms with Gasteiger partial charge in [-0.3, -0.25) is 4.98 Å². The molecule has 0 fully saturated rings. The van der Waals surface area contributed by atoms with Gasteiger partial charge in [0.15, 0.2) is 0 Å². The van der Waals surface area contributed by atoms with Gasteiger partial charge in [0.05, 0.1) is 5.25 Å². The fourth-order valence-electron chi connectivity index (χ4n) is 1.73. The summed E-state index contributed by atoms with van der Waals surface area (Å²) in [7, 11) is -2.40. The van der Waals surface area contributed by atoms with E-state index in [0.717, 1.165) is 18.4 Å². The highest BCUT2D eigenvalue weighted by Crippen LogP contribution is 2.22. The first-order valence-corrected chi connectivity index (χ1v) is 7.03. The topological polar surface area (TPSA) is 47.0 Å². The molecule has 0 radical (unpaired) electrons. The van der Waals surface area contributed by atoms with Gasteiger partial charge in [0.2, 0.25) is 0 Å². The Morgan fingerprint density at radius 1 is 1.31 bits per heavy atom. The molecule has 0 saturated carbocycles. The molecule has 0 saturated heterocycles. The van der Waals surface area contributed by atoms with Gasteiger partial charge in [0.1, 0.15) is 10.7 Å². The van der Waals surface area contributed by atoms with E-state index in [2.05, 4.69) is 11.9 Å². The third-order valence-corrected chi connectivity index (χ3v) is 3.72. The van der Waals surface area contributed by atoms with Crippen LogP contribution in [0.3, 0.4) is 0 Å². The molecule has 16 heavy (non-hydrogen) atoms. The van der Waals surface area contributed by atoms with Crippen molar-refractivity contribution in [2.24, 2.45) is 0 Å². The van der Waals surface area contributed by atoms with E-state index in [1.807, 2.05) is 6.07 Å². The van der Waals surface area contributed by atoms with E-state index >= 15 is 0 Å². The molecule has 1 atom stereocenters. The van der Waals surface area contributed by atoms with Crippen molar-refractivity contribution in [3.63, 3.8) is 0 Å². The maximum absolute atomic E-state index is 11.2. The van der Waals surface area contributed by atoms with Crippen molar-refractivity contribution >= 4 is 10.7 Å². The maximum atomic E-state index is 11.2. The molecule has 4 heteroatoms. The average Bonchev–Trinajstić information content (AvgIpc) is 2.30. The van der Waals surface area contributed by atoms with Gasteiger partial charge in [0, 0.05) is 12.4 Å². The summed E-state index contributed by atoms with van der Waals surface area (Å²) in [6.07, 6.45) is 8.44. The van der Waals surface area contributed by atoms with E-state index in [0.29, 0.717) is 6.42 Å². The second-order valence-electron chi connectivity index (χ2n) is 3.94. The largest absolute Gasteiger partial charge is 0.264 e. The molecule has 0 aliphatic carbocycles. The first kappa shape index (κ1) is 13.2. The molecule has 0 amide bonds. The molecular weight excluding hydrogens is 222 g/mol. The quantitative estimate of drug-likeness (QED) is 0.590. The molecule has 1 heterocycles.